The number of aryl methyl sites for hydroxylation is 1. The lowest BCUT2D eigenvalue weighted by molar-refractivity contribution is 0.0955. The number of nitrogens with one attached hydrogen (secondary N) is 2. The molecular weight excluding hydrogens is 332 g/mol. The number of carbonyl (C=O) groups is 2. The van der Waals surface area contributed by atoms with Gasteiger partial charge in [-0.1, -0.05) is 6.92 Å². The lowest BCUT2D eigenvalue weighted by Crippen LogP contribution is -2.22. The normalized spacial score (nSPS) is 10.2. The minimum absolute atomic E-state index is 0.140. The standard InChI is InChI=1S/C20H24N2O4/c1-5-13-11-17(25-3)18(26-4)12-16(13)20(24)22-15-9-7-14(8-10-15)19(23)21-6-2/h7-12H,5-6H2,1-4H3,(H,21,23)(H,22,24). The second-order valence-corrected chi connectivity index (χ2v) is 5.61. The van der Waals surface area contributed by atoms with E-state index in [9.17, 15) is 9.59 Å². The number of methoxy groups -OCH3 is 2. The van der Waals surface area contributed by atoms with E-state index in [1.54, 1.807) is 37.4 Å². The predicted octanol–water partition coefficient (Wildman–Crippen LogP) is 3.27. The number of benzene rings is 2. The fourth-order valence-electron chi connectivity index (χ4n) is 2.59. The quantitative estimate of drug-likeness (QED) is 0.798. The van der Waals surface area contributed by atoms with E-state index < -0.39 is 0 Å². The van der Waals surface area contributed by atoms with Gasteiger partial charge in [-0.25, -0.2) is 0 Å². The van der Waals surface area contributed by atoms with Crippen molar-refractivity contribution < 1.29 is 19.1 Å². The zero-order valence-electron chi connectivity index (χ0n) is 15.5. The third-order valence-electron chi connectivity index (χ3n) is 3.98. The lowest BCUT2D eigenvalue weighted by atomic mass is 10.0. The van der Waals surface area contributed by atoms with Gasteiger partial charge in [0.2, 0.25) is 0 Å². The van der Waals surface area contributed by atoms with E-state index in [0.29, 0.717) is 41.3 Å². The molecule has 26 heavy (non-hydrogen) atoms. The maximum Gasteiger partial charge on any atom is 0.256 e. The van der Waals surface area contributed by atoms with E-state index in [0.717, 1.165) is 5.56 Å². The monoisotopic (exact) mass is 356 g/mol. The second-order valence-electron chi connectivity index (χ2n) is 5.61. The minimum Gasteiger partial charge on any atom is -0.493 e. The van der Waals surface area contributed by atoms with Gasteiger partial charge in [-0.3, -0.25) is 9.59 Å². The van der Waals surface area contributed by atoms with Crippen LogP contribution >= 0.6 is 0 Å². The Morgan fingerprint density at radius 1 is 0.923 bits per heavy atom. The van der Waals surface area contributed by atoms with Crippen LogP contribution < -0.4 is 20.1 Å². The van der Waals surface area contributed by atoms with Gasteiger partial charge >= 0.3 is 0 Å². The molecular formula is C20H24N2O4. The van der Waals surface area contributed by atoms with Crippen LogP contribution in [0.4, 0.5) is 5.69 Å². The molecule has 0 radical (unpaired) electrons. The molecule has 2 aromatic carbocycles. The molecule has 0 spiro atoms. The Balaban J connectivity index is 2.23. The Bertz CT molecular complexity index is 785. The van der Waals surface area contributed by atoms with Gasteiger partial charge in [-0.2, -0.15) is 0 Å². The maximum atomic E-state index is 12.7. The van der Waals surface area contributed by atoms with Gasteiger partial charge in [0.25, 0.3) is 11.8 Å². The molecule has 0 aliphatic heterocycles. The minimum atomic E-state index is -0.242. The highest BCUT2D eigenvalue weighted by Gasteiger charge is 2.16. The Hall–Kier alpha value is -3.02. The average molecular weight is 356 g/mol. The summed E-state index contributed by atoms with van der Waals surface area (Å²) in [5.74, 6) is 0.709. The SMILES string of the molecule is CCNC(=O)c1ccc(NC(=O)c2cc(OC)c(OC)cc2CC)cc1. The van der Waals surface area contributed by atoms with Crippen LogP contribution in [0.15, 0.2) is 36.4 Å². The van der Waals surface area contributed by atoms with Crippen LogP contribution in [-0.4, -0.2) is 32.6 Å². The summed E-state index contributed by atoms with van der Waals surface area (Å²) in [4.78, 5) is 24.5. The molecule has 2 amide bonds. The summed E-state index contributed by atoms with van der Waals surface area (Å²) in [6.07, 6.45) is 0.680. The van der Waals surface area contributed by atoms with Gasteiger partial charge in [0.05, 0.1) is 14.2 Å². The summed E-state index contributed by atoms with van der Waals surface area (Å²) >= 11 is 0. The number of hydrogen-bond donors (Lipinski definition) is 2. The molecule has 0 saturated carbocycles. The molecule has 0 fully saturated rings. The van der Waals surface area contributed by atoms with Gasteiger partial charge < -0.3 is 20.1 Å². The first-order valence-corrected chi connectivity index (χ1v) is 8.48. The highest BCUT2D eigenvalue weighted by molar-refractivity contribution is 6.06. The molecule has 0 saturated heterocycles. The van der Waals surface area contributed by atoms with Crippen LogP contribution in [0.3, 0.4) is 0 Å². The van der Waals surface area contributed by atoms with Crippen molar-refractivity contribution in [2.24, 2.45) is 0 Å². The molecule has 2 N–H and O–H groups in total. The van der Waals surface area contributed by atoms with E-state index in [-0.39, 0.29) is 11.8 Å². The van der Waals surface area contributed by atoms with Gasteiger partial charge in [-0.15, -0.1) is 0 Å². The van der Waals surface area contributed by atoms with Crippen LogP contribution in [-0.2, 0) is 6.42 Å². The first-order valence-electron chi connectivity index (χ1n) is 8.48. The number of anilines is 1. The fraction of sp³-hybridized carbons (Fsp3) is 0.300. The topological polar surface area (TPSA) is 76.7 Å². The van der Waals surface area contributed by atoms with Crippen molar-refractivity contribution >= 4 is 17.5 Å². The van der Waals surface area contributed by atoms with Crippen LogP contribution in [0.1, 0.15) is 40.1 Å². The van der Waals surface area contributed by atoms with Crippen molar-refractivity contribution in [3.8, 4) is 11.5 Å². The van der Waals surface area contributed by atoms with Gasteiger partial charge in [0.1, 0.15) is 0 Å². The van der Waals surface area contributed by atoms with Crippen molar-refractivity contribution in [2.45, 2.75) is 20.3 Å². The average Bonchev–Trinajstić information content (AvgIpc) is 2.67. The van der Waals surface area contributed by atoms with E-state index in [1.165, 1.54) is 7.11 Å². The summed E-state index contributed by atoms with van der Waals surface area (Å²) in [7, 11) is 3.10. The smallest absolute Gasteiger partial charge is 0.256 e. The molecule has 6 nitrogen and oxygen atoms in total. The Kier molecular flexibility index (Phi) is 6.60. The highest BCUT2D eigenvalue weighted by Crippen LogP contribution is 2.31. The third kappa shape index (κ3) is 4.33. The zero-order valence-corrected chi connectivity index (χ0v) is 15.5. The maximum absolute atomic E-state index is 12.7. The van der Waals surface area contributed by atoms with E-state index in [4.69, 9.17) is 9.47 Å². The molecule has 2 aromatic rings. The first kappa shape index (κ1) is 19.3. The van der Waals surface area contributed by atoms with Crippen LogP contribution in [0.2, 0.25) is 0 Å². The Morgan fingerprint density at radius 2 is 1.54 bits per heavy atom. The molecule has 138 valence electrons. The van der Waals surface area contributed by atoms with Crippen molar-refractivity contribution in [1.82, 2.24) is 5.32 Å². The van der Waals surface area contributed by atoms with Crippen molar-refractivity contribution in [3.05, 3.63) is 53.1 Å². The van der Waals surface area contributed by atoms with E-state index >= 15 is 0 Å². The Labute approximate surface area is 153 Å². The Morgan fingerprint density at radius 3 is 2.08 bits per heavy atom. The number of hydrogen-bond acceptors (Lipinski definition) is 4. The number of amides is 2. The summed E-state index contributed by atoms with van der Waals surface area (Å²) in [6, 6.07) is 10.2. The molecule has 2 rings (SSSR count). The zero-order chi connectivity index (χ0) is 19.1. The van der Waals surface area contributed by atoms with Gasteiger partial charge in [0.15, 0.2) is 11.5 Å². The van der Waals surface area contributed by atoms with Crippen molar-refractivity contribution in [3.63, 3.8) is 0 Å². The third-order valence-corrected chi connectivity index (χ3v) is 3.98. The van der Waals surface area contributed by atoms with Crippen LogP contribution in [0.5, 0.6) is 11.5 Å². The molecule has 6 heteroatoms. The molecule has 0 heterocycles. The summed E-state index contributed by atoms with van der Waals surface area (Å²) < 4.78 is 10.6. The first-order chi connectivity index (χ1) is 12.5. The molecule has 0 unspecified atom stereocenters. The molecule has 0 aliphatic rings. The number of rotatable bonds is 7. The molecule has 0 aliphatic carbocycles. The van der Waals surface area contributed by atoms with Crippen LogP contribution in [0, 0.1) is 0 Å². The number of carbonyl (C=O) groups excluding carboxylic acids is 2. The van der Waals surface area contributed by atoms with E-state index in [1.807, 2.05) is 19.9 Å². The highest BCUT2D eigenvalue weighted by atomic mass is 16.5. The largest absolute Gasteiger partial charge is 0.493 e. The van der Waals surface area contributed by atoms with Crippen LogP contribution in [0.25, 0.3) is 0 Å². The summed E-state index contributed by atoms with van der Waals surface area (Å²) in [6.45, 7) is 4.40. The molecule has 0 bridgehead atoms. The summed E-state index contributed by atoms with van der Waals surface area (Å²) in [5, 5.41) is 5.59. The van der Waals surface area contributed by atoms with Gasteiger partial charge in [-0.05, 0) is 55.3 Å². The predicted molar refractivity (Wildman–Crippen MR) is 101 cm³/mol. The van der Waals surface area contributed by atoms with Gasteiger partial charge in [0, 0.05) is 23.4 Å². The summed E-state index contributed by atoms with van der Waals surface area (Å²) in [5.41, 5.74) is 2.54. The molecule has 0 atom stereocenters. The molecule has 0 aromatic heterocycles. The lowest BCUT2D eigenvalue weighted by Gasteiger charge is -2.14. The van der Waals surface area contributed by atoms with Crippen molar-refractivity contribution in [2.75, 3.05) is 26.1 Å². The van der Waals surface area contributed by atoms with Crippen molar-refractivity contribution in [1.29, 1.82) is 0 Å². The number of ether oxygens (including phenoxy) is 2. The second kappa shape index (κ2) is 8.89. The van der Waals surface area contributed by atoms with E-state index in [2.05, 4.69) is 10.6 Å². The fourth-order valence-corrected chi connectivity index (χ4v) is 2.59.